The first-order valence-corrected chi connectivity index (χ1v) is 6.30. The van der Waals surface area contributed by atoms with Gasteiger partial charge < -0.3 is 15.5 Å². The molecule has 3 N–H and O–H groups in total. The van der Waals surface area contributed by atoms with Crippen molar-refractivity contribution in [1.82, 2.24) is 10.2 Å². The van der Waals surface area contributed by atoms with E-state index < -0.39 is 0 Å². The number of halogens is 1. The number of nitrogens with one attached hydrogen (secondary N) is 1. The summed E-state index contributed by atoms with van der Waals surface area (Å²) in [5.74, 6) is 1.39. The smallest absolute Gasteiger partial charge is 0.188 e. The fourth-order valence-electron chi connectivity index (χ4n) is 1.57. The standard InChI is InChI=1S/C13H24N4O.HI/c1-5-10(2)16-13(14)15-9-11(17(3)4)12-7-6-8-18-12;/h6-8,10-11H,5,9H2,1-4H3,(H3,14,15,16);1H. The monoisotopic (exact) mass is 380 g/mol. The van der Waals surface area contributed by atoms with E-state index >= 15 is 0 Å². The normalized spacial score (nSPS) is 14.9. The summed E-state index contributed by atoms with van der Waals surface area (Å²) < 4.78 is 5.42. The SMILES string of the molecule is CCC(C)NC(N)=NCC(c1ccco1)N(C)C.I. The molecule has 0 saturated heterocycles. The molecule has 0 amide bonds. The number of aliphatic imine (C=N–C) groups is 1. The molecule has 0 fully saturated rings. The Morgan fingerprint density at radius 1 is 1.53 bits per heavy atom. The summed E-state index contributed by atoms with van der Waals surface area (Å²) in [5.41, 5.74) is 5.84. The molecule has 0 aromatic carbocycles. The summed E-state index contributed by atoms with van der Waals surface area (Å²) in [5, 5.41) is 3.15. The maximum absolute atomic E-state index is 5.84. The van der Waals surface area contributed by atoms with Gasteiger partial charge in [-0.3, -0.25) is 9.89 Å². The van der Waals surface area contributed by atoms with Gasteiger partial charge in [0.05, 0.1) is 18.8 Å². The van der Waals surface area contributed by atoms with Crippen molar-refractivity contribution in [3.8, 4) is 0 Å². The molecule has 5 nitrogen and oxygen atoms in total. The van der Waals surface area contributed by atoms with Crippen molar-refractivity contribution in [1.29, 1.82) is 0 Å². The van der Waals surface area contributed by atoms with Gasteiger partial charge >= 0.3 is 0 Å². The van der Waals surface area contributed by atoms with E-state index in [1.165, 1.54) is 0 Å². The zero-order valence-electron chi connectivity index (χ0n) is 12.1. The Morgan fingerprint density at radius 3 is 2.68 bits per heavy atom. The zero-order valence-corrected chi connectivity index (χ0v) is 14.4. The lowest BCUT2D eigenvalue weighted by molar-refractivity contribution is 0.265. The number of nitrogens with two attached hydrogens (primary N) is 1. The van der Waals surface area contributed by atoms with E-state index in [1.807, 2.05) is 26.2 Å². The second-order valence-corrected chi connectivity index (χ2v) is 4.67. The third kappa shape index (κ3) is 6.29. The van der Waals surface area contributed by atoms with E-state index in [0.29, 0.717) is 18.5 Å². The van der Waals surface area contributed by atoms with Crippen LogP contribution >= 0.6 is 24.0 Å². The molecule has 1 heterocycles. The molecule has 2 unspecified atom stereocenters. The van der Waals surface area contributed by atoms with Gasteiger partial charge in [-0.05, 0) is 39.6 Å². The summed E-state index contributed by atoms with van der Waals surface area (Å²) in [6.07, 6.45) is 2.70. The summed E-state index contributed by atoms with van der Waals surface area (Å²) in [6.45, 7) is 4.77. The molecule has 0 aliphatic rings. The minimum absolute atomic E-state index is 0. The molecule has 0 bridgehead atoms. The molecule has 1 aromatic heterocycles. The van der Waals surface area contributed by atoms with Crippen molar-refractivity contribution in [2.24, 2.45) is 10.7 Å². The van der Waals surface area contributed by atoms with Crippen molar-refractivity contribution in [3.05, 3.63) is 24.2 Å². The van der Waals surface area contributed by atoms with E-state index in [9.17, 15) is 0 Å². The van der Waals surface area contributed by atoms with Crippen LogP contribution in [0.3, 0.4) is 0 Å². The number of likely N-dealkylation sites (N-methyl/N-ethyl adjacent to an activating group) is 1. The van der Waals surface area contributed by atoms with Crippen LogP contribution < -0.4 is 11.1 Å². The maximum atomic E-state index is 5.84. The molecule has 110 valence electrons. The lowest BCUT2D eigenvalue weighted by atomic mass is 10.2. The topological polar surface area (TPSA) is 66.8 Å². The van der Waals surface area contributed by atoms with Gasteiger partial charge in [-0.15, -0.1) is 24.0 Å². The second-order valence-electron chi connectivity index (χ2n) is 4.67. The first kappa shape index (κ1) is 18.2. The van der Waals surface area contributed by atoms with Crippen molar-refractivity contribution in [3.63, 3.8) is 0 Å². The highest BCUT2D eigenvalue weighted by Gasteiger charge is 2.16. The van der Waals surface area contributed by atoms with E-state index in [0.717, 1.165) is 12.2 Å². The highest BCUT2D eigenvalue weighted by atomic mass is 127. The molecule has 1 rings (SSSR count). The third-order valence-electron chi connectivity index (χ3n) is 2.94. The van der Waals surface area contributed by atoms with Gasteiger partial charge in [-0.25, -0.2) is 0 Å². The molecule has 0 spiro atoms. The number of nitrogens with zero attached hydrogens (tertiary/aromatic N) is 2. The molecular weight excluding hydrogens is 355 g/mol. The minimum atomic E-state index is 0. The third-order valence-corrected chi connectivity index (χ3v) is 2.94. The number of guanidine groups is 1. The van der Waals surface area contributed by atoms with Crippen LogP contribution in [0.5, 0.6) is 0 Å². The predicted molar refractivity (Wildman–Crippen MR) is 89.9 cm³/mol. The van der Waals surface area contributed by atoms with Gasteiger partial charge in [0.25, 0.3) is 0 Å². The lowest BCUT2D eigenvalue weighted by Crippen LogP contribution is -2.38. The van der Waals surface area contributed by atoms with Crippen LogP contribution in [0.15, 0.2) is 27.8 Å². The molecule has 0 saturated carbocycles. The van der Waals surface area contributed by atoms with E-state index in [4.69, 9.17) is 10.2 Å². The molecule has 1 aromatic rings. The average molecular weight is 380 g/mol. The Morgan fingerprint density at radius 2 is 2.21 bits per heavy atom. The lowest BCUT2D eigenvalue weighted by Gasteiger charge is -2.21. The van der Waals surface area contributed by atoms with Gasteiger partial charge in [-0.1, -0.05) is 6.92 Å². The Hall–Kier alpha value is -0.760. The van der Waals surface area contributed by atoms with Crippen LogP contribution in [0.1, 0.15) is 32.1 Å². The van der Waals surface area contributed by atoms with E-state index in [2.05, 4.69) is 29.1 Å². The van der Waals surface area contributed by atoms with Gasteiger partial charge in [0.2, 0.25) is 0 Å². The quantitative estimate of drug-likeness (QED) is 0.451. The largest absolute Gasteiger partial charge is 0.468 e. The fraction of sp³-hybridized carbons (Fsp3) is 0.615. The Labute approximate surface area is 132 Å². The molecule has 19 heavy (non-hydrogen) atoms. The van der Waals surface area contributed by atoms with Crippen molar-refractivity contribution < 1.29 is 4.42 Å². The van der Waals surface area contributed by atoms with Gasteiger partial charge in [0.15, 0.2) is 5.96 Å². The second kappa shape index (κ2) is 9.19. The van der Waals surface area contributed by atoms with E-state index in [1.54, 1.807) is 6.26 Å². The van der Waals surface area contributed by atoms with E-state index in [-0.39, 0.29) is 30.0 Å². The van der Waals surface area contributed by atoms with Crippen molar-refractivity contribution >= 4 is 29.9 Å². The van der Waals surface area contributed by atoms with Crippen LogP contribution in [0.4, 0.5) is 0 Å². The van der Waals surface area contributed by atoms with Crippen LogP contribution in [0.2, 0.25) is 0 Å². The fourth-order valence-corrected chi connectivity index (χ4v) is 1.57. The van der Waals surface area contributed by atoms with Crippen molar-refractivity contribution in [2.75, 3.05) is 20.6 Å². The van der Waals surface area contributed by atoms with Crippen molar-refractivity contribution in [2.45, 2.75) is 32.4 Å². The van der Waals surface area contributed by atoms with Gasteiger partial charge in [-0.2, -0.15) is 0 Å². The van der Waals surface area contributed by atoms with Crippen LogP contribution in [-0.2, 0) is 0 Å². The number of rotatable bonds is 6. The Kier molecular flexibility index (Phi) is 8.82. The molecule has 6 heteroatoms. The highest BCUT2D eigenvalue weighted by molar-refractivity contribution is 14.0. The molecule has 0 aliphatic carbocycles. The number of hydrogen-bond donors (Lipinski definition) is 2. The summed E-state index contributed by atoms with van der Waals surface area (Å²) >= 11 is 0. The Balaban J connectivity index is 0.00000324. The minimum Gasteiger partial charge on any atom is -0.468 e. The number of furan rings is 1. The van der Waals surface area contributed by atoms with Gasteiger partial charge in [0, 0.05) is 6.04 Å². The first-order chi connectivity index (χ1) is 8.54. The van der Waals surface area contributed by atoms with Crippen LogP contribution in [0, 0.1) is 0 Å². The molecular formula is C13H25IN4O. The molecule has 2 atom stereocenters. The molecule has 0 radical (unpaired) electrons. The summed E-state index contributed by atoms with van der Waals surface area (Å²) in [7, 11) is 4.00. The predicted octanol–water partition coefficient (Wildman–Crippen LogP) is 2.20. The first-order valence-electron chi connectivity index (χ1n) is 6.30. The zero-order chi connectivity index (χ0) is 13.5. The Bertz CT molecular complexity index is 365. The maximum Gasteiger partial charge on any atom is 0.188 e. The van der Waals surface area contributed by atoms with Crippen LogP contribution in [-0.4, -0.2) is 37.5 Å². The highest BCUT2D eigenvalue weighted by Crippen LogP contribution is 2.18. The summed E-state index contributed by atoms with van der Waals surface area (Å²) in [4.78, 5) is 6.44. The van der Waals surface area contributed by atoms with Gasteiger partial charge in [0.1, 0.15) is 5.76 Å². The molecule has 0 aliphatic heterocycles. The summed E-state index contributed by atoms with van der Waals surface area (Å²) in [6, 6.07) is 4.29. The van der Waals surface area contributed by atoms with Crippen LogP contribution in [0.25, 0.3) is 0 Å². The average Bonchev–Trinajstić information content (AvgIpc) is 2.82. The number of hydrogen-bond acceptors (Lipinski definition) is 3.